The van der Waals surface area contributed by atoms with Gasteiger partial charge in [0.1, 0.15) is 15.5 Å². The number of morpholine rings is 1. The summed E-state index contributed by atoms with van der Waals surface area (Å²) in [6.45, 7) is 9.77. The number of nitrogens with two attached hydrogens (primary N) is 1. The summed E-state index contributed by atoms with van der Waals surface area (Å²) < 4.78 is 10.8. The van der Waals surface area contributed by atoms with Crippen LogP contribution in [-0.2, 0) is 21.6 Å². The van der Waals surface area contributed by atoms with Gasteiger partial charge in [-0.1, -0.05) is 13.8 Å². The Kier molecular flexibility index (Phi) is 4.98. The molecule has 2 aliphatic rings. The zero-order chi connectivity index (χ0) is 19.2. The molecule has 4 rings (SSSR count). The van der Waals surface area contributed by atoms with Crippen LogP contribution < -0.4 is 10.6 Å². The predicted molar refractivity (Wildman–Crippen MR) is 112 cm³/mol. The molecular formula is C19H25N3O3S2. The SMILES string of the molecule is CCOC(=O)c1sc2nc(N3CCOCC3)c3c(c2c1N)CC(C)(C)SC3. The minimum absolute atomic E-state index is 0.127. The second-order valence-electron chi connectivity index (χ2n) is 7.46. The lowest BCUT2D eigenvalue weighted by Crippen LogP contribution is -2.38. The second-order valence-corrected chi connectivity index (χ2v) is 10.1. The first-order chi connectivity index (χ1) is 12.9. The van der Waals surface area contributed by atoms with Gasteiger partial charge >= 0.3 is 5.97 Å². The second kappa shape index (κ2) is 7.14. The molecule has 2 aliphatic heterocycles. The van der Waals surface area contributed by atoms with Gasteiger partial charge in [0, 0.05) is 34.5 Å². The van der Waals surface area contributed by atoms with Crippen LogP contribution in [0.1, 0.15) is 41.6 Å². The first-order valence-electron chi connectivity index (χ1n) is 9.29. The van der Waals surface area contributed by atoms with Crippen molar-refractivity contribution in [3.63, 3.8) is 0 Å². The molecule has 2 aromatic heterocycles. The van der Waals surface area contributed by atoms with Crippen LogP contribution in [0.5, 0.6) is 0 Å². The fourth-order valence-electron chi connectivity index (χ4n) is 3.73. The quantitative estimate of drug-likeness (QED) is 0.781. The Morgan fingerprint density at radius 2 is 2.07 bits per heavy atom. The molecule has 6 nitrogen and oxygen atoms in total. The molecule has 0 bridgehead atoms. The summed E-state index contributed by atoms with van der Waals surface area (Å²) in [6, 6.07) is 0. The number of esters is 1. The van der Waals surface area contributed by atoms with Gasteiger partial charge in [0.25, 0.3) is 0 Å². The van der Waals surface area contributed by atoms with Crippen molar-refractivity contribution < 1.29 is 14.3 Å². The molecule has 27 heavy (non-hydrogen) atoms. The van der Waals surface area contributed by atoms with E-state index in [0.717, 1.165) is 41.3 Å². The highest BCUT2D eigenvalue weighted by Crippen LogP contribution is 2.47. The number of nitrogens with zero attached hydrogens (tertiary/aromatic N) is 2. The van der Waals surface area contributed by atoms with E-state index in [1.54, 1.807) is 6.92 Å². The molecule has 0 radical (unpaired) electrons. The molecule has 146 valence electrons. The van der Waals surface area contributed by atoms with E-state index in [4.69, 9.17) is 20.2 Å². The van der Waals surface area contributed by atoms with E-state index < -0.39 is 0 Å². The Bertz CT molecular complexity index is 888. The number of ether oxygens (including phenoxy) is 2. The minimum Gasteiger partial charge on any atom is -0.462 e. The highest BCUT2D eigenvalue weighted by Gasteiger charge is 2.34. The Balaban J connectivity index is 1.91. The maximum atomic E-state index is 12.4. The number of carbonyl (C=O) groups is 1. The fourth-order valence-corrected chi connectivity index (χ4v) is 5.83. The third-order valence-electron chi connectivity index (χ3n) is 5.05. The van der Waals surface area contributed by atoms with Crippen LogP contribution in [0.3, 0.4) is 0 Å². The summed E-state index contributed by atoms with van der Waals surface area (Å²) in [6.07, 6.45) is 0.909. The van der Waals surface area contributed by atoms with E-state index in [2.05, 4.69) is 18.7 Å². The van der Waals surface area contributed by atoms with Gasteiger partial charge in [-0.05, 0) is 18.9 Å². The van der Waals surface area contributed by atoms with E-state index in [1.165, 1.54) is 22.5 Å². The van der Waals surface area contributed by atoms with Crippen LogP contribution in [0, 0.1) is 0 Å². The number of anilines is 2. The Morgan fingerprint density at radius 1 is 1.33 bits per heavy atom. The van der Waals surface area contributed by atoms with E-state index in [9.17, 15) is 4.79 Å². The van der Waals surface area contributed by atoms with Crippen molar-refractivity contribution in [2.75, 3.05) is 43.5 Å². The highest BCUT2D eigenvalue weighted by molar-refractivity contribution is 7.99. The van der Waals surface area contributed by atoms with Gasteiger partial charge in [-0.25, -0.2) is 9.78 Å². The lowest BCUT2D eigenvalue weighted by Gasteiger charge is -2.35. The zero-order valence-corrected chi connectivity index (χ0v) is 17.6. The topological polar surface area (TPSA) is 77.7 Å². The fraction of sp³-hybridized carbons (Fsp3) is 0.579. The molecule has 0 aliphatic carbocycles. The van der Waals surface area contributed by atoms with Crippen LogP contribution >= 0.6 is 23.1 Å². The van der Waals surface area contributed by atoms with Gasteiger partial charge in [0.15, 0.2) is 0 Å². The Morgan fingerprint density at radius 3 is 2.78 bits per heavy atom. The molecule has 1 saturated heterocycles. The van der Waals surface area contributed by atoms with Gasteiger partial charge in [0.2, 0.25) is 0 Å². The summed E-state index contributed by atoms with van der Waals surface area (Å²) in [5.74, 6) is 1.58. The summed E-state index contributed by atoms with van der Waals surface area (Å²) in [7, 11) is 0. The summed E-state index contributed by atoms with van der Waals surface area (Å²) >= 11 is 3.30. The maximum absolute atomic E-state index is 12.4. The largest absolute Gasteiger partial charge is 0.462 e. The van der Waals surface area contributed by atoms with Gasteiger partial charge in [-0.3, -0.25) is 0 Å². The van der Waals surface area contributed by atoms with Crippen molar-refractivity contribution >= 4 is 50.8 Å². The highest BCUT2D eigenvalue weighted by atomic mass is 32.2. The number of hydrogen-bond acceptors (Lipinski definition) is 8. The molecule has 8 heteroatoms. The third kappa shape index (κ3) is 3.39. The number of fused-ring (bicyclic) bond motifs is 3. The smallest absolute Gasteiger partial charge is 0.350 e. The van der Waals surface area contributed by atoms with Crippen molar-refractivity contribution in [3.05, 3.63) is 16.0 Å². The first-order valence-corrected chi connectivity index (χ1v) is 11.1. The zero-order valence-electron chi connectivity index (χ0n) is 16.0. The molecule has 0 amide bonds. The van der Waals surface area contributed by atoms with Crippen molar-refractivity contribution in [1.29, 1.82) is 0 Å². The van der Waals surface area contributed by atoms with Crippen molar-refractivity contribution in [1.82, 2.24) is 4.98 Å². The van der Waals surface area contributed by atoms with E-state index in [1.807, 2.05) is 11.8 Å². The number of thiophene rings is 1. The van der Waals surface area contributed by atoms with Crippen molar-refractivity contribution in [3.8, 4) is 0 Å². The molecule has 2 N–H and O–H groups in total. The monoisotopic (exact) mass is 407 g/mol. The number of rotatable bonds is 3. The number of hydrogen-bond donors (Lipinski definition) is 1. The van der Waals surface area contributed by atoms with Gasteiger partial charge < -0.3 is 20.1 Å². The summed E-state index contributed by atoms with van der Waals surface area (Å²) in [4.78, 5) is 20.9. The number of aromatic nitrogens is 1. The van der Waals surface area contributed by atoms with Gasteiger partial charge in [-0.15, -0.1) is 11.3 Å². The van der Waals surface area contributed by atoms with Crippen LogP contribution in [0.2, 0.25) is 0 Å². The van der Waals surface area contributed by atoms with Gasteiger partial charge in [-0.2, -0.15) is 11.8 Å². The molecule has 4 heterocycles. The average molecular weight is 408 g/mol. The van der Waals surface area contributed by atoms with Crippen LogP contribution in [0.25, 0.3) is 10.2 Å². The predicted octanol–water partition coefficient (Wildman–Crippen LogP) is 3.46. The molecule has 2 aromatic rings. The standard InChI is InChI=1S/C19H25N3O3S2/c1-4-25-18(23)15-14(20)13-11-9-19(2,3)26-10-12(11)16(21-17(13)27-15)22-5-7-24-8-6-22/h4-10,20H2,1-3H3. The van der Waals surface area contributed by atoms with E-state index >= 15 is 0 Å². The summed E-state index contributed by atoms with van der Waals surface area (Å²) in [5, 5.41) is 0.948. The lowest BCUT2D eigenvalue weighted by atomic mass is 9.94. The molecular weight excluding hydrogens is 382 g/mol. The molecule has 0 atom stereocenters. The number of nitrogen functional groups attached to an aromatic ring is 1. The van der Waals surface area contributed by atoms with Crippen LogP contribution in [0.15, 0.2) is 0 Å². The molecule has 1 fully saturated rings. The number of carbonyl (C=O) groups excluding carboxylic acids is 1. The molecule has 0 aromatic carbocycles. The maximum Gasteiger partial charge on any atom is 0.350 e. The van der Waals surface area contributed by atoms with Crippen molar-refractivity contribution in [2.45, 2.75) is 37.7 Å². The van der Waals surface area contributed by atoms with E-state index in [-0.39, 0.29) is 10.7 Å². The van der Waals surface area contributed by atoms with Crippen molar-refractivity contribution in [2.24, 2.45) is 0 Å². The Hall–Kier alpha value is -1.51. The lowest BCUT2D eigenvalue weighted by molar-refractivity contribution is 0.0533. The number of thioether (sulfide) groups is 1. The minimum atomic E-state index is -0.357. The van der Waals surface area contributed by atoms with Crippen LogP contribution in [-0.4, -0.2) is 48.6 Å². The van der Waals surface area contributed by atoms with Gasteiger partial charge in [0.05, 0.1) is 25.5 Å². The first kappa shape index (κ1) is 18.8. The molecule has 0 saturated carbocycles. The number of pyridine rings is 1. The molecule has 0 unspecified atom stereocenters. The Labute approximate surface area is 167 Å². The summed E-state index contributed by atoms with van der Waals surface area (Å²) in [5.41, 5.74) is 9.47. The van der Waals surface area contributed by atoms with Crippen LogP contribution in [0.4, 0.5) is 11.5 Å². The normalized spacial score (nSPS) is 19.1. The third-order valence-corrected chi connectivity index (χ3v) is 7.49. The molecule has 0 spiro atoms. The average Bonchev–Trinajstić information content (AvgIpc) is 2.98. The van der Waals surface area contributed by atoms with E-state index in [0.29, 0.717) is 30.4 Å².